The molecule has 0 unspecified atom stereocenters. The molecule has 0 radical (unpaired) electrons. The van der Waals surface area contributed by atoms with Gasteiger partial charge in [-0.1, -0.05) is 44.2 Å². The van der Waals surface area contributed by atoms with E-state index >= 15 is 0 Å². The third-order valence-corrected chi connectivity index (χ3v) is 7.67. The van der Waals surface area contributed by atoms with Gasteiger partial charge in [-0.3, -0.25) is 9.59 Å². The molecule has 0 bridgehead atoms. The first-order chi connectivity index (χ1) is 20.0. The monoisotopic (exact) mass is 558 g/mol. The molecule has 0 N–H and O–H groups in total. The number of carbonyl (C=O) groups is 2. The Morgan fingerprint density at radius 3 is 2.27 bits per heavy atom. The molecule has 1 aliphatic heterocycles. The minimum absolute atomic E-state index is 0.00579. The number of ether oxygens (including phenoxy) is 1. The molecule has 4 rings (SSSR count). The third-order valence-electron chi connectivity index (χ3n) is 7.67. The van der Waals surface area contributed by atoms with E-state index in [0.717, 1.165) is 61.0 Å². The average Bonchev–Trinajstić information content (AvgIpc) is 3.28. The van der Waals surface area contributed by atoms with E-state index in [1.165, 1.54) is 0 Å². The molecule has 41 heavy (non-hydrogen) atoms. The Balaban J connectivity index is 1.36. The van der Waals surface area contributed by atoms with E-state index in [0.29, 0.717) is 32.6 Å². The van der Waals surface area contributed by atoms with Crippen LogP contribution in [-0.4, -0.2) is 103 Å². The first kappa shape index (κ1) is 30.0. The zero-order valence-corrected chi connectivity index (χ0v) is 24.5. The Bertz CT molecular complexity index is 1230. The van der Waals surface area contributed by atoms with Gasteiger partial charge in [-0.25, -0.2) is 0 Å². The molecule has 0 spiro atoms. The molecular weight excluding hydrogens is 516 g/mol. The van der Waals surface area contributed by atoms with Crippen molar-refractivity contribution in [2.24, 2.45) is 0 Å². The van der Waals surface area contributed by atoms with Crippen LogP contribution in [0, 0.1) is 0 Å². The van der Waals surface area contributed by atoms with Gasteiger partial charge in [-0.2, -0.15) is 0 Å². The number of carbonyl (C=O) groups excluding carboxylic acids is 2. The van der Waals surface area contributed by atoms with Crippen LogP contribution < -0.4 is 9.64 Å². The maximum atomic E-state index is 13.5. The molecule has 1 aliphatic rings. The van der Waals surface area contributed by atoms with Crippen molar-refractivity contribution in [2.45, 2.75) is 26.7 Å². The number of rotatable bonds is 12. The van der Waals surface area contributed by atoms with E-state index in [4.69, 9.17) is 4.74 Å². The van der Waals surface area contributed by atoms with Crippen LogP contribution in [0.4, 0.5) is 5.82 Å². The van der Waals surface area contributed by atoms with Crippen molar-refractivity contribution >= 4 is 17.6 Å². The van der Waals surface area contributed by atoms with Crippen molar-refractivity contribution < 1.29 is 14.3 Å². The standard InChI is InChI=1S/C32H42N6O3/c1-4-35(5-2)20-21-38(31(39)24-26-10-7-6-8-11-26)25-32(40)37-19-9-18-36(22-23-37)30-17-16-29(33-34-30)27-12-14-28(41-3)15-13-27/h6-8,10-17H,4-5,9,18-25H2,1-3H3. The smallest absolute Gasteiger partial charge is 0.242 e. The molecular formula is C32H42N6O3. The maximum absolute atomic E-state index is 13.5. The molecule has 1 saturated heterocycles. The summed E-state index contributed by atoms with van der Waals surface area (Å²) >= 11 is 0. The molecule has 9 nitrogen and oxygen atoms in total. The summed E-state index contributed by atoms with van der Waals surface area (Å²) in [5.41, 5.74) is 2.74. The summed E-state index contributed by atoms with van der Waals surface area (Å²) in [7, 11) is 1.65. The third kappa shape index (κ3) is 8.50. The van der Waals surface area contributed by atoms with Crippen LogP contribution >= 0.6 is 0 Å². The second kappa shape index (κ2) is 15.1. The van der Waals surface area contributed by atoms with Crippen LogP contribution in [0.2, 0.25) is 0 Å². The lowest BCUT2D eigenvalue weighted by Crippen LogP contribution is -2.47. The van der Waals surface area contributed by atoms with E-state index in [1.54, 1.807) is 12.0 Å². The van der Waals surface area contributed by atoms with Gasteiger partial charge in [-0.15, -0.1) is 10.2 Å². The Kier molecular flexibility index (Phi) is 11.1. The number of anilines is 1. The SMILES string of the molecule is CCN(CC)CCN(CC(=O)N1CCCN(c2ccc(-c3ccc(OC)cc3)nn2)CC1)C(=O)Cc1ccccc1. The lowest BCUT2D eigenvalue weighted by molar-refractivity contribution is -0.140. The number of hydrogen-bond donors (Lipinski definition) is 0. The molecule has 0 aliphatic carbocycles. The van der Waals surface area contributed by atoms with Gasteiger partial charge in [0.2, 0.25) is 11.8 Å². The summed E-state index contributed by atoms with van der Waals surface area (Å²) in [5, 5.41) is 8.93. The van der Waals surface area contributed by atoms with E-state index in [2.05, 4.69) is 33.8 Å². The fourth-order valence-corrected chi connectivity index (χ4v) is 5.05. The van der Waals surface area contributed by atoms with E-state index in [9.17, 15) is 9.59 Å². The number of benzene rings is 2. The van der Waals surface area contributed by atoms with Crippen LogP contribution in [0.5, 0.6) is 5.75 Å². The molecule has 1 fully saturated rings. The van der Waals surface area contributed by atoms with Crippen LogP contribution in [0.3, 0.4) is 0 Å². The summed E-state index contributed by atoms with van der Waals surface area (Å²) in [6.45, 7) is 10.1. The molecule has 2 aromatic carbocycles. The number of amides is 2. The van der Waals surface area contributed by atoms with Gasteiger partial charge in [0.15, 0.2) is 5.82 Å². The second-order valence-corrected chi connectivity index (χ2v) is 10.2. The Hall–Kier alpha value is -3.98. The first-order valence-corrected chi connectivity index (χ1v) is 14.6. The van der Waals surface area contributed by atoms with Crippen LogP contribution in [0.25, 0.3) is 11.3 Å². The molecule has 3 aromatic rings. The highest BCUT2D eigenvalue weighted by Crippen LogP contribution is 2.22. The van der Waals surface area contributed by atoms with E-state index in [1.807, 2.05) is 71.6 Å². The van der Waals surface area contributed by atoms with Gasteiger partial charge in [0, 0.05) is 44.8 Å². The lowest BCUT2D eigenvalue weighted by Gasteiger charge is -2.29. The highest BCUT2D eigenvalue weighted by Gasteiger charge is 2.24. The fraction of sp³-hybridized carbons (Fsp3) is 0.438. The molecule has 9 heteroatoms. The minimum atomic E-state index is -0.0135. The summed E-state index contributed by atoms with van der Waals surface area (Å²) < 4.78 is 5.24. The van der Waals surface area contributed by atoms with E-state index < -0.39 is 0 Å². The van der Waals surface area contributed by atoms with Crippen molar-refractivity contribution in [3.05, 3.63) is 72.3 Å². The summed E-state index contributed by atoms with van der Waals surface area (Å²) in [4.78, 5) is 34.8. The Labute approximate surface area is 243 Å². The van der Waals surface area contributed by atoms with Crippen LogP contribution in [-0.2, 0) is 16.0 Å². The van der Waals surface area contributed by atoms with Gasteiger partial charge in [-0.05, 0) is 61.5 Å². The zero-order chi connectivity index (χ0) is 29.0. The van der Waals surface area contributed by atoms with Gasteiger partial charge in [0.1, 0.15) is 5.75 Å². The van der Waals surface area contributed by atoms with E-state index in [-0.39, 0.29) is 18.4 Å². The van der Waals surface area contributed by atoms with Crippen molar-refractivity contribution in [3.63, 3.8) is 0 Å². The highest BCUT2D eigenvalue weighted by atomic mass is 16.5. The van der Waals surface area contributed by atoms with Crippen LogP contribution in [0.1, 0.15) is 25.8 Å². The van der Waals surface area contributed by atoms with Crippen LogP contribution in [0.15, 0.2) is 66.7 Å². The van der Waals surface area contributed by atoms with Gasteiger partial charge in [0.25, 0.3) is 0 Å². The molecule has 2 amide bonds. The fourth-order valence-electron chi connectivity index (χ4n) is 5.05. The molecule has 0 saturated carbocycles. The normalized spacial score (nSPS) is 13.7. The van der Waals surface area contributed by atoms with Crippen molar-refractivity contribution in [1.82, 2.24) is 24.9 Å². The minimum Gasteiger partial charge on any atom is -0.497 e. The number of nitrogens with zero attached hydrogens (tertiary/aromatic N) is 6. The largest absolute Gasteiger partial charge is 0.497 e. The summed E-state index contributed by atoms with van der Waals surface area (Å²) in [6, 6.07) is 21.4. The zero-order valence-electron chi connectivity index (χ0n) is 24.5. The predicted octanol–water partition coefficient (Wildman–Crippen LogP) is 3.60. The average molecular weight is 559 g/mol. The first-order valence-electron chi connectivity index (χ1n) is 14.6. The van der Waals surface area contributed by atoms with Crippen molar-refractivity contribution in [3.8, 4) is 17.0 Å². The highest BCUT2D eigenvalue weighted by molar-refractivity contribution is 5.86. The quantitative estimate of drug-likeness (QED) is 0.336. The molecule has 0 atom stereocenters. The molecule has 1 aromatic heterocycles. The molecule has 2 heterocycles. The Morgan fingerprint density at radius 2 is 1.61 bits per heavy atom. The maximum Gasteiger partial charge on any atom is 0.242 e. The summed E-state index contributed by atoms with van der Waals surface area (Å²) in [5.74, 6) is 1.58. The number of likely N-dealkylation sites (N-methyl/N-ethyl adjacent to an activating group) is 1. The van der Waals surface area contributed by atoms with Crippen molar-refractivity contribution in [2.75, 3.05) is 70.9 Å². The molecule has 218 valence electrons. The number of hydrogen-bond acceptors (Lipinski definition) is 7. The second-order valence-electron chi connectivity index (χ2n) is 10.2. The Morgan fingerprint density at radius 1 is 0.854 bits per heavy atom. The lowest BCUT2D eigenvalue weighted by atomic mass is 10.1. The van der Waals surface area contributed by atoms with Gasteiger partial charge in [0.05, 0.1) is 25.8 Å². The topological polar surface area (TPSA) is 82.1 Å². The predicted molar refractivity (Wildman–Crippen MR) is 162 cm³/mol. The summed E-state index contributed by atoms with van der Waals surface area (Å²) in [6.07, 6.45) is 1.12. The van der Waals surface area contributed by atoms with Crippen molar-refractivity contribution in [1.29, 1.82) is 0 Å². The van der Waals surface area contributed by atoms with Gasteiger partial charge < -0.3 is 24.3 Å². The van der Waals surface area contributed by atoms with Gasteiger partial charge >= 0.3 is 0 Å². The number of aromatic nitrogens is 2. The number of methoxy groups -OCH3 is 1.